The van der Waals surface area contributed by atoms with Gasteiger partial charge in [0.1, 0.15) is 0 Å². The van der Waals surface area contributed by atoms with Gasteiger partial charge in [0.25, 0.3) is 0 Å². The van der Waals surface area contributed by atoms with Crippen LogP contribution in [0, 0.1) is 0 Å². The van der Waals surface area contributed by atoms with E-state index in [0.29, 0.717) is 5.92 Å². The summed E-state index contributed by atoms with van der Waals surface area (Å²) in [6, 6.07) is 8.89. The van der Waals surface area contributed by atoms with Crippen LogP contribution in [0.2, 0.25) is 0 Å². The number of fused-ring (bicyclic) bond motifs is 1. The van der Waals surface area contributed by atoms with E-state index in [1.807, 2.05) is 0 Å². The van der Waals surface area contributed by atoms with Crippen LogP contribution < -0.4 is 0 Å². The van der Waals surface area contributed by atoms with Crippen LogP contribution >= 0.6 is 0 Å². The molecule has 1 aromatic carbocycles. The van der Waals surface area contributed by atoms with Gasteiger partial charge in [-0.25, -0.2) is 0 Å². The van der Waals surface area contributed by atoms with E-state index < -0.39 is 0 Å². The van der Waals surface area contributed by atoms with E-state index in [9.17, 15) is 0 Å². The van der Waals surface area contributed by atoms with Gasteiger partial charge in [-0.1, -0.05) is 43.3 Å². The molecular weight excluding hydrogens is 168 g/mol. The molecular formula is C14H18. The molecule has 0 heterocycles. The highest BCUT2D eigenvalue weighted by Crippen LogP contribution is 2.32. The molecule has 1 aliphatic rings. The average Bonchev–Trinajstić information content (AvgIpc) is 2.26. The van der Waals surface area contributed by atoms with E-state index in [1.165, 1.54) is 19.3 Å². The van der Waals surface area contributed by atoms with Crippen LogP contribution in [-0.4, -0.2) is 0 Å². The molecule has 0 saturated carbocycles. The smallest absolute Gasteiger partial charge is 0.00208 e. The standard InChI is InChI=1S/C14H18/c1-2-3-7-12-9-6-10-13-8-4-5-11-14(12)13/h3-5,7-8,11-12H,2,6,9-10H2,1H3. The molecule has 0 saturated heterocycles. The van der Waals surface area contributed by atoms with Crippen molar-refractivity contribution in [3.63, 3.8) is 0 Å². The maximum Gasteiger partial charge on any atom is 0.00208 e. The number of rotatable bonds is 2. The van der Waals surface area contributed by atoms with E-state index in [-0.39, 0.29) is 0 Å². The molecule has 1 atom stereocenters. The van der Waals surface area contributed by atoms with E-state index in [4.69, 9.17) is 0 Å². The first-order chi connectivity index (χ1) is 6.92. The lowest BCUT2D eigenvalue weighted by molar-refractivity contribution is 0.628. The number of hydrogen-bond acceptors (Lipinski definition) is 0. The first-order valence-electron chi connectivity index (χ1n) is 5.66. The van der Waals surface area contributed by atoms with E-state index in [2.05, 4.69) is 43.3 Å². The Morgan fingerprint density at radius 2 is 2.21 bits per heavy atom. The van der Waals surface area contributed by atoms with Crippen molar-refractivity contribution in [3.05, 3.63) is 47.5 Å². The Morgan fingerprint density at radius 3 is 3.07 bits per heavy atom. The van der Waals surface area contributed by atoms with Crippen molar-refractivity contribution in [2.45, 2.75) is 38.5 Å². The Labute approximate surface area is 86.7 Å². The maximum absolute atomic E-state index is 2.39. The number of allylic oxidation sites excluding steroid dienone is 2. The summed E-state index contributed by atoms with van der Waals surface area (Å²) in [5, 5.41) is 0. The van der Waals surface area contributed by atoms with Crippen molar-refractivity contribution in [3.8, 4) is 0 Å². The first-order valence-corrected chi connectivity index (χ1v) is 5.66. The zero-order chi connectivity index (χ0) is 9.80. The molecule has 0 aliphatic heterocycles. The van der Waals surface area contributed by atoms with Crippen molar-refractivity contribution in [1.29, 1.82) is 0 Å². The molecule has 14 heavy (non-hydrogen) atoms. The fourth-order valence-corrected chi connectivity index (χ4v) is 2.29. The Bertz CT molecular complexity index is 323. The fourth-order valence-electron chi connectivity index (χ4n) is 2.29. The van der Waals surface area contributed by atoms with Crippen LogP contribution in [0.4, 0.5) is 0 Å². The zero-order valence-electron chi connectivity index (χ0n) is 8.87. The Morgan fingerprint density at radius 1 is 1.36 bits per heavy atom. The molecule has 1 aromatic rings. The summed E-state index contributed by atoms with van der Waals surface area (Å²) in [6.07, 6.45) is 9.78. The average molecular weight is 186 g/mol. The molecule has 0 heteroatoms. The predicted octanol–water partition coefficient (Wildman–Crippen LogP) is 4.07. The normalized spacial score (nSPS) is 21.1. The van der Waals surface area contributed by atoms with Crippen LogP contribution in [0.15, 0.2) is 36.4 Å². The molecule has 2 rings (SSSR count). The molecule has 1 unspecified atom stereocenters. The molecule has 74 valence electrons. The van der Waals surface area contributed by atoms with Gasteiger partial charge in [-0.2, -0.15) is 0 Å². The minimum absolute atomic E-state index is 0.680. The number of aryl methyl sites for hydroxylation is 1. The summed E-state index contributed by atoms with van der Waals surface area (Å²) in [4.78, 5) is 0. The highest BCUT2D eigenvalue weighted by Gasteiger charge is 2.16. The third kappa shape index (κ3) is 1.89. The van der Waals surface area contributed by atoms with Crippen molar-refractivity contribution >= 4 is 0 Å². The second kappa shape index (κ2) is 4.45. The van der Waals surface area contributed by atoms with Crippen LogP contribution in [0.3, 0.4) is 0 Å². The van der Waals surface area contributed by atoms with Crippen LogP contribution in [-0.2, 0) is 6.42 Å². The minimum Gasteiger partial charge on any atom is -0.0882 e. The second-order valence-electron chi connectivity index (χ2n) is 4.03. The Kier molecular flexibility index (Phi) is 3.03. The van der Waals surface area contributed by atoms with Gasteiger partial charge in [-0.05, 0) is 36.8 Å². The molecule has 0 amide bonds. The monoisotopic (exact) mass is 186 g/mol. The lowest BCUT2D eigenvalue weighted by atomic mass is 9.82. The highest BCUT2D eigenvalue weighted by molar-refractivity contribution is 5.35. The van der Waals surface area contributed by atoms with Gasteiger partial charge >= 0.3 is 0 Å². The van der Waals surface area contributed by atoms with Crippen molar-refractivity contribution in [2.24, 2.45) is 0 Å². The van der Waals surface area contributed by atoms with E-state index in [0.717, 1.165) is 6.42 Å². The Hall–Kier alpha value is -1.04. The molecule has 0 N–H and O–H groups in total. The number of hydrogen-bond donors (Lipinski definition) is 0. The first kappa shape index (κ1) is 9.51. The van der Waals surface area contributed by atoms with E-state index in [1.54, 1.807) is 11.1 Å². The van der Waals surface area contributed by atoms with Gasteiger partial charge in [0.05, 0.1) is 0 Å². The molecule has 1 aliphatic carbocycles. The van der Waals surface area contributed by atoms with Crippen LogP contribution in [0.1, 0.15) is 43.2 Å². The minimum atomic E-state index is 0.680. The summed E-state index contributed by atoms with van der Waals surface area (Å²) in [5.74, 6) is 0.680. The maximum atomic E-state index is 2.39. The summed E-state index contributed by atoms with van der Waals surface area (Å²) in [7, 11) is 0. The topological polar surface area (TPSA) is 0 Å². The van der Waals surface area contributed by atoms with Gasteiger partial charge in [0.2, 0.25) is 0 Å². The second-order valence-corrected chi connectivity index (χ2v) is 4.03. The van der Waals surface area contributed by atoms with Crippen molar-refractivity contribution in [2.75, 3.05) is 0 Å². The molecule has 0 nitrogen and oxygen atoms in total. The molecule has 0 bridgehead atoms. The fraction of sp³-hybridized carbons (Fsp3) is 0.429. The predicted molar refractivity (Wildman–Crippen MR) is 61.6 cm³/mol. The van der Waals surface area contributed by atoms with Crippen LogP contribution in [0.5, 0.6) is 0 Å². The van der Waals surface area contributed by atoms with Gasteiger partial charge in [0.15, 0.2) is 0 Å². The zero-order valence-corrected chi connectivity index (χ0v) is 8.87. The molecule has 0 aromatic heterocycles. The lowest BCUT2D eigenvalue weighted by Gasteiger charge is -2.22. The quantitative estimate of drug-likeness (QED) is 0.611. The summed E-state index contributed by atoms with van der Waals surface area (Å²) in [6.45, 7) is 2.20. The van der Waals surface area contributed by atoms with Crippen molar-refractivity contribution < 1.29 is 0 Å². The molecule has 0 fully saturated rings. The van der Waals surface area contributed by atoms with E-state index >= 15 is 0 Å². The molecule has 0 radical (unpaired) electrons. The SMILES string of the molecule is CCC=CC1CCCc2ccccc21. The molecule has 0 spiro atoms. The highest BCUT2D eigenvalue weighted by atomic mass is 14.2. The van der Waals surface area contributed by atoms with Gasteiger partial charge in [-0.15, -0.1) is 0 Å². The number of benzene rings is 1. The van der Waals surface area contributed by atoms with Crippen molar-refractivity contribution in [1.82, 2.24) is 0 Å². The van der Waals surface area contributed by atoms with Crippen LogP contribution in [0.25, 0.3) is 0 Å². The third-order valence-electron chi connectivity index (χ3n) is 3.02. The van der Waals surface area contributed by atoms with Gasteiger partial charge in [0, 0.05) is 5.92 Å². The summed E-state index contributed by atoms with van der Waals surface area (Å²) >= 11 is 0. The van der Waals surface area contributed by atoms with Gasteiger partial charge in [-0.3, -0.25) is 0 Å². The lowest BCUT2D eigenvalue weighted by Crippen LogP contribution is -2.07. The summed E-state index contributed by atoms with van der Waals surface area (Å²) < 4.78 is 0. The largest absolute Gasteiger partial charge is 0.0882 e. The third-order valence-corrected chi connectivity index (χ3v) is 3.02. The summed E-state index contributed by atoms with van der Waals surface area (Å²) in [5.41, 5.74) is 3.12. The van der Waals surface area contributed by atoms with Gasteiger partial charge < -0.3 is 0 Å². The Balaban J connectivity index is 2.26.